The zero-order valence-electron chi connectivity index (χ0n) is 14.4. The maximum atomic E-state index is 11.9. The van der Waals surface area contributed by atoms with E-state index in [1.165, 1.54) is 12.1 Å². The van der Waals surface area contributed by atoms with E-state index in [1.807, 2.05) is 6.92 Å². The summed E-state index contributed by atoms with van der Waals surface area (Å²) in [6, 6.07) is 5.94. The first-order chi connectivity index (χ1) is 10.8. The lowest BCUT2D eigenvalue weighted by atomic mass is 10.1. The molecule has 6 nitrogen and oxygen atoms in total. The summed E-state index contributed by atoms with van der Waals surface area (Å²) in [5.41, 5.74) is 5.80. The molecule has 0 spiro atoms. The van der Waals surface area contributed by atoms with Crippen molar-refractivity contribution in [1.82, 2.24) is 4.90 Å². The van der Waals surface area contributed by atoms with Gasteiger partial charge in [-0.15, -0.1) is 12.4 Å². The largest absolute Gasteiger partial charge is 0.493 e. The molecule has 1 rings (SSSR count). The predicted molar refractivity (Wildman–Crippen MR) is 97.4 cm³/mol. The van der Waals surface area contributed by atoms with Crippen molar-refractivity contribution < 1.29 is 17.9 Å². The molecule has 8 heteroatoms. The number of carbonyl (C=O) groups excluding carboxylic acids is 1. The van der Waals surface area contributed by atoms with Crippen LogP contribution in [0.15, 0.2) is 29.2 Å². The number of rotatable bonds is 9. The zero-order valence-corrected chi connectivity index (χ0v) is 16.0. The van der Waals surface area contributed by atoms with E-state index in [4.69, 9.17) is 10.5 Å². The minimum atomic E-state index is -3.24. The van der Waals surface area contributed by atoms with Crippen LogP contribution in [0.3, 0.4) is 0 Å². The molecule has 138 valence electrons. The predicted octanol–water partition coefficient (Wildman–Crippen LogP) is 1.87. The maximum absolute atomic E-state index is 11.9. The van der Waals surface area contributed by atoms with Gasteiger partial charge in [0.2, 0.25) is 5.91 Å². The first-order valence-corrected chi connectivity index (χ1v) is 9.58. The summed E-state index contributed by atoms with van der Waals surface area (Å²) in [5.74, 6) is 0.440. The Balaban J connectivity index is 0.00000529. The molecule has 0 heterocycles. The summed E-state index contributed by atoms with van der Waals surface area (Å²) < 4.78 is 28.5. The molecule has 0 aliphatic carbocycles. The van der Waals surface area contributed by atoms with Crippen LogP contribution in [0.2, 0.25) is 0 Å². The smallest absolute Gasteiger partial charge is 0.239 e. The fourth-order valence-electron chi connectivity index (χ4n) is 2.11. The van der Waals surface area contributed by atoms with Gasteiger partial charge >= 0.3 is 0 Å². The Kier molecular flexibility index (Phi) is 9.96. The van der Waals surface area contributed by atoms with Crippen molar-refractivity contribution in [2.24, 2.45) is 5.73 Å². The Labute approximate surface area is 150 Å². The van der Waals surface area contributed by atoms with Crippen LogP contribution in [-0.4, -0.2) is 51.7 Å². The second kappa shape index (κ2) is 10.5. The standard InChI is InChI=1S/C16H26N2O4S.ClH/c1-4-7-15(17)16(19)18(2)10-6-11-22-13-8-5-9-14(12-13)23(3,20)21;/h5,8-9,12,15H,4,6-7,10-11,17H2,1-3H3;1H. The van der Waals surface area contributed by atoms with Crippen LogP contribution in [0.25, 0.3) is 0 Å². The van der Waals surface area contributed by atoms with Gasteiger partial charge in [0.15, 0.2) is 9.84 Å². The van der Waals surface area contributed by atoms with Gasteiger partial charge in [0, 0.05) is 19.8 Å². The monoisotopic (exact) mass is 378 g/mol. The van der Waals surface area contributed by atoms with Gasteiger partial charge in [-0.3, -0.25) is 4.79 Å². The summed E-state index contributed by atoms with van der Waals surface area (Å²) in [6.45, 7) is 2.93. The molecule has 24 heavy (non-hydrogen) atoms. The van der Waals surface area contributed by atoms with Crippen molar-refractivity contribution >= 4 is 28.2 Å². The lowest BCUT2D eigenvalue weighted by Crippen LogP contribution is -2.42. The van der Waals surface area contributed by atoms with Crippen LogP contribution in [-0.2, 0) is 14.6 Å². The highest BCUT2D eigenvalue weighted by Gasteiger charge is 2.16. The molecule has 0 saturated heterocycles. The summed E-state index contributed by atoms with van der Waals surface area (Å²) in [4.78, 5) is 13.8. The van der Waals surface area contributed by atoms with Gasteiger partial charge in [0.25, 0.3) is 0 Å². The molecular weight excluding hydrogens is 352 g/mol. The number of carbonyl (C=O) groups is 1. The number of nitrogens with two attached hydrogens (primary N) is 1. The summed E-state index contributed by atoms with van der Waals surface area (Å²) in [5, 5.41) is 0. The van der Waals surface area contributed by atoms with Crippen LogP contribution < -0.4 is 10.5 Å². The van der Waals surface area contributed by atoms with E-state index in [1.54, 1.807) is 24.1 Å². The molecule has 2 N–H and O–H groups in total. The van der Waals surface area contributed by atoms with Crippen molar-refractivity contribution in [2.45, 2.75) is 37.1 Å². The highest BCUT2D eigenvalue weighted by atomic mass is 35.5. The zero-order chi connectivity index (χ0) is 17.5. The second-order valence-corrected chi connectivity index (χ2v) is 7.62. The van der Waals surface area contributed by atoms with Gasteiger partial charge in [0.05, 0.1) is 17.5 Å². The molecule has 0 bridgehead atoms. The summed E-state index contributed by atoms with van der Waals surface area (Å²) in [6.07, 6.45) is 3.36. The number of likely N-dealkylation sites (N-methyl/N-ethyl adjacent to an activating group) is 1. The van der Waals surface area contributed by atoms with Gasteiger partial charge in [0.1, 0.15) is 5.75 Å². The highest BCUT2D eigenvalue weighted by Crippen LogP contribution is 2.17. The Bertz CT molecular complexity index is 622. The van der Waals surface area contributed by atoms with Crippen molar-refractivity contribution in [2.75, 3.05) is 26.5 Å². The van der Waals surface area contributed by atoms with Crippen molar-refractivity contribution in [3.05, 3.63) is 24.3 Å². The van der Waals surface area contributed by atoms with E-state index in [0.29, 0.717) is 31.7 Å². The number of hydrogen-bond acceptors (Lipinski definition) is 5. The number of hydrogen-bond donors (Lipinski definition) is 1. The molecule has 1 amide bonds. The molecular formula is C16H27ClN2O4S. The number of nitrogens with zero attached hydrogens (tertiary/aromatic N) is 1. The Morgan fingerprint density at radius 2 is 2.04 bits per heavy atom. The third-order valence-electron chi connectivity index (χ3n) is 3.43. The van der Waals surface area contributed by atoms with E-state index in [0.717, 1.165) is 12.7 Å². The quantitative estimate of drug-likeness (QED) is 0.662. The van der Waals surface area contributed by atoms with Crippen molar-refractivity contribution in [3.8, 4) is 5.75 Å². The average Bonchev–Trinajstić information content (AvgIpc) is 2.50. The molecule has 0 aliphatic heterocycles. The third kappa shape index (κ3) is 7.51. The molecule has 0 radical (unpaired) electrons. The third-order valence-corrected chi connectivity index (χ3v) is 4.54. The average molecular weight is 379 g/mol. The Morgan fingerprint density at radius 1 is 1.38 bits per heavy atom. The Morgan fingerprint density at radius 3 is 2.62 bits per heavy atom. The minimum Gasteiger partial charge on any atom is -0.493 e. The molecule has 0 aliphatic rings. The van der Waals surface area contributed by atoms with E-state index < -0.39 is 15.9 Å². The first-order valence-electron chi connectivity index (χ1n) is 7.69. The van der Waals surface area contributed by atoms with E-state index in [-0.39, 0.29) is 23.2 Å². The number of sulfone groups is 1. The number of benzene rings is 1. The minimum absolute atomic E-state index is 0. The normalized spacial score (nSPS) is 12.2. The summed E-state index contributed by atoms with van der Waals surface area (Å²) >= 11 is 0. The molecule has 0 saturated carbocycles. The van der Waals surface area contributed by atoms with Crippen LogP contribution in [0.1, 0.15) is 26.2 Å². The van der Waals surface area contributed by atoms with Gasteiger partial charge < -0.3 is 15.4 Å². The van der Waals surface area contributed by atoms with Gasteiger partial charge in [-0.25, -0.2) is 8.42 Å². The van der Waals surface area contributed by atoms with Crippen molar-refractivity contribution in [3.63, 3.8) is 0 Å². The fraction of sp³-hybridized carbons (Fsp3) is 0.562. The van der Waals surface area contributed by atoms with Crippen molar-refractivity contribution in [1.29, 1.82) is 0 Å². The highest BCUT2D eigenvalue weighted by molar-refractivity contribution is 7.90. The molecule has 1 aromatic rings. The van der Waals surface area contributed by atoms with E-state index in [2.05, 4.69) is 0 Å². The van der Waals surface area contributed by atoms with Gasteiger partial charge in [-0.05, 0) is 31.0 Å². The lowest BCUT2D eigenvalue weighted by molar-refractivity contribution is -0.131. The van der Waals surface area contributed by atoms with Gasteiger partial charge in [-0.1, -0.05) is 19.4 Å². The van der Waals surface area contributed by atoms with Crippen LogP contribution in [0.5, 0.6) is 5.75 Å². The topological polar surface area (TPSA) is 89.7 Å². The van der Waals surface area contributed by atoms with Gasteiger partial charge in [-0.2, -0.15) is 0 Å². The van der Waals surface area contributed by atoms with Crippen LogP contribution in [0, 0.1) is 0 Å². The molecule has 0 aromatic heterocycles. The van der Waals surface area contributed by atoms with Crippen LogP contribution >= 0.6 is 12.4 Å². The second-order valence-electron chi connectivity index (χ2n) is 5.60. The molecule has 0 fully saturated rings. The van der Waals surface area contributed by atoms with E-state index in [9.17, 15) is 13.2 Å². The SMILES string of the molecule is CCCC(N)C(=O)N(C)CCCOc1cccc(S(C)(=O)=O)c1.Cl. The maximum Gasteiger partial charge on any atom is 0.239 e. The fourth-order valence-corrected chi connectivity index (χ4v) is 2.77. The lowest BCUT2D eigenvalue weighted by Gasteiger charge is -2.21. The summed E-state index contributed by atoms with van der Waals surface area (Å²) in [7, 11) is -1.52. The number of halogens is 1. The number of ether oxygens (including phenoxy) is 1. The van der Waals surface area contributed by atoms with Crippen LogP contribution in [0.4, 0.5) is 0 Å². The Hall–Kier alpha value is -1.31. The van der Waals surface area contributed by atoms with E-state index >= 15 is 0 Å². The molecule has 1 atom stereocenters. The number of amides is 1. The first kappa shape index (κ1) is 22.7. The molecule has 1 aromatic carbocycles. The molecule has 1 unspecified atom stereocenters.